The minimum Gasteiger partial charge on any atom is -0.493 e. The van der Waals surface area contributed by atoms with Crippen LogP contribution >= 0.6 is 0 Å². The zero-order valence-corrected chi connectivity index (χ0v) is 15.4. The molecule has 1 aromatic carbocycles. The van der Waals surface area contributed by atoms with Crippen molar-refractivity contribution in [2.45, 2.75) is 0 Å². The van der Waals surface area contributed by atoms with Crippen molar-refractivity contribution in [1.82, 2.24) is 14.9 Å². The Kier molecular flexibility index (Phi) is 3.32. The molecule has 0 bridgehead atoms. The Balaban J connectivity index is 1.60. The predicted octanol–water partition coefficient (Wildman–Crippen LogP) is 1.78. The van der Waals surface area contributed by atoms with Gasteiger partial charge >= 0.3 is 0 Å². The first-order valence-corrected chi connectivity index (χ1v) is 8.57. The van der Waals surface area contributed by atoms with E-state index in [4.69, 9.17) is 20.8 Å². The monoisotopic (exact) mass is 388 g/mol. The number of amides is 1. The molecule has 1 amide bonds. The van der Waals surface area contributed by atoms with Crippen molar-refractivity contribution >= 4 is 28.6 Å². The van der Waals surface area contributed by atoms with Gasteiger partial charge in [0.1, 0.15) is 7.19 Å². The summed E-state index contributed by atoms with van der Waals surface area (Å²) in [6.45, 7) is 1.26. The molecular weight excluding hydrogens is 362 g/mol. The third-order valence-electron chi connectivity index (χ3n) is 4.59. The molecule has 9 heteroatoms. The summed E-state index contributed by atoms with van der Waals surface area (Å²) in [5.74, 6) is 0.367. The zero-order valence-electron chi connectivity index (χ0n) is 20.4. The Morgan fingerprint density at radius 1 is 1.21 bits per heavy atom. The first kappa shape index (κ1) is 12.8. The number of nitrogen functional groups attached to an aromatic ring is 1. The highest BCUT2D eigenvalue weighted by molar-refractivity contribution is 5.92. The van der Waals surface area contributed by atoms with Crippen LogP contribution in [-0.2, 0) is 0 Å². The molecule has 1 saturated heterocycles. The SMILES string of the molecule is [2H]c1oc(C(=O)N2CCN(c3nc(N([2H])[2H])c4cc(OC)c(OC)cc4n3)CC2)c([2H])c1[2H]. The molecule has 1 aliphatic rings. The van der Waals surface area contributed by atoms with Crippen molar-refractivity contribution in [3.63, 3.8) is 0 Å². The molecule has 1 aliphatic heterocycles. The number of piperazine rings is 1. The van der Waals surface area contributed by atoms with E-state index in [1.165, 1.54) is 19.1 Å². The van der Waals surface area contributed by atoms with E-state index in [1.807, 2.05) is 4.90 Å². The van der Waals surface area contributed by atoms with Crippen LogP contribution in [0.2, 0.25) is 2.82 Å². The third kappa shape index (κ3) is 3.15. The maximum atomic E-state index is 12.7. The van der Waals surface area contributed by atoms with Gasteiger partial charge in [0.05, 0.1) is 28.7 Å². The molecule has 9 nitrogen and oxygen atoms in total. The molecule has 0 radical (unpaired) electrons. The second-order valence-corrected chi connectivity index (χ2v) is 6.13. The number of carbonyl (C=O) groups excluding carboxylic acids is 1. The number of rotatable bonds is 5. The number of aromatic nitrogens is 2. The Hall–Kier alpha value is -3.49. The summed E-state index contributed by atoms with van der Waals surface area (Å²) in [5.41, 5.74) is 0.874. The normalized spacial score (nSPS) is 16.7. The van der Waals surface area contributed by atoms with Crippen LogP contribution < -0.4 is 20.1 Å². The van der Waals surface area contributed by atoms with Crippen LogP contribution in [-0.4, -0.2) is 61.2 Å². The van der Waals surface area contributed by atoms with Crippen molar-refractivity contribution in [3.05, 3.63) is 36.2 Å². The lowest BCUT2D eigenvalue weighted by Gasteiger charge is -2.34. The second-order valence-electron chi connectivity index (χ2n) is 6.13. The molecule has 28 heavy (non-hydrogen) atoms. The van der Waals surface area contributed by atoms with E-state index in [-0.39, 0.29) is 24.7 Å². The predicted molar refractivity (Wildman–Crippen MR) is 104 cm³/mol. The zero-order chi connectivity index (χ0) is 23.9. The van der Waals surface area contributed by atoms with Crippen LogP contribution in [0, 0.1) is 0 Å². The van der Waals surface area contributed by atoms with E-state index in [0.29, 0.717) is 47.2 Å². The first-order chi connectivity index (χ1) is 15.7. The highest BCUT2D eigenvalue weighted by Gasteiger charge is 2.25. The highest BCUT2D eigenvalue weighted by Crippen LogP contribution is 2.34. The number of hydrogen-bond acceptors (Lipinski definition) is 8. The molecule has 4 rings (SSSR count). The number of benzene rings is 1. The van der Waals surface area contributed by atoms with Crippen molar-refractivity contribution in [2.75, 3.05) is 51.0 Å². The summed E-state index contributed by atoms with van der Waals surface area (Å²) in [4.78, 5) is 24.9. The number of nitrogens with two attached hydrogens (primary N) is 1. The van der Waals surface area contributed by atoms with Crippen LogP contribution in [0.15, 0.2) is 34.9 Å². The smallest absolute Gasteiger partial charge is 0.289 e. The second kappa shape index (κ2) is 7.26. The minimum absolute atomic E-state index is 0.0647. The standard InChI is InChI=1S/C19H21N5O4/c1-26-15-10-12-13(11-16(15)27-2)21-19(22-17(12)20)24-7-5-23(6-8-24)18(25)14-4-3-9-28-14/h3-4,9-11H,5-8H2,1-2H3,(H2,20,21,22)/i3D,4D,9D/hD2. The van der Waals surface area contributed by atoms with Crippen LogP contribution in [0.25, 0.3) is 10.9 Å². The fraction of sp³-hybridized carbons (Fsp3) is 0.316. The van der Waals surface area contributed by atoms with Crippen LogP contribution in [0.5, 0.6) is 11.5 Å². The molecule has 3 aromatic rings. The lowest BCUT2D eigenvalue weighted by atomic mass is 10.2. The quantitative estimate of drug-likeness (QED) is 0.705. The molecule has 1 fully saturated rings. The van der Waals surface area contributed by atoms with Gasteiger partial charge in [0, 0.05) is 37.6 Å². The molecule has 2 aromatic heterocycles. The van der Waals surface area contributed by atoms with Crippen LogP contribution in [0.1, 0.15) is 14.7 Å². The maximum Gasteiger partial charge on any atom is 0.289 e. The van der Waals surface area contributed by atoms with Gasteiger partial charge in [0.15, 0.2) is 20.1 Å². The van der Waals surface area contributed by atoms with Gasteiger partial charge in [-0.1, -0.05) is 0 Å². The van der Waals surface area contributed by atoms with Gasteiger partial charge < -0.3 is 29.4 Å². The number of anilines is 2. The van der Waals surface area contributed by atoms with Gasteiger partial charge in [-0.2, -0.15) is 4.98 Å². The molecule has 0 atom stereocenters. The average Bonchev–Trinajstić information content (AvgIpc) is 3.09. The van der Waals surface area contributed by atoms with Gasteiger partial charge in [0.25, 0.3) is 5.91 Å². The number of ether oxygens (including phenoxy) is 2. The van der Waals surface area contributed by atoms with E-state index >= 15 is 0 Å². The fourth-order valence-electron chi connectivity index (χ4n) is 3.10. The molecule has 0 unspecified atom stereocenters. The number of methoxy groups -OCH3 is 2. The number of hydrogen-bond donors (Lipinski definition) is 1. The fourth-order valence-corrected chi connectivity index (χ4v) is 3.10. The van der Waals surface area contributed by atoms with Crippen molar-refractivity contribution in [1.29, 1.82) is 0 Å². The van der Waals surface area contributed by atoms with E-state index in [2.05, 4.69) is 9.97 Å². The molecule has 0 spiro atoms. The largest absolute Gasteiger partial charge is 0.493 e. The van der Waals surface area contributed by atoms with E-state index in [1.54, 1.807) is 12.1 Å². The van der Waals surface area contributed by atoms with Gasteiger partial charge in [-0.05, 0) is 18.2 Å². The summed E-state index contributed by atoms with van der Waals surface area (Å²) >= 11 is 0. The van der Waals surface area contributed by atoms with Crippen LogP contribution in [0.3, 0.4) is 0 Å². The number of fused-ring (bicyclic) bond motifs is 1. The van der Waals surface area contributed by atoms with Crippen molar-refractivity contribution < 1.29 is 25.6 Å². The number of carbonyl (C=O) groups is 1. The summed E-state index contributed by atoms with van der Waals surface area (Å²) in [7, 11) is 2.99. The highest BCUT2D eigenvalue weighted by atomic mass is 16.5. The van der Waals surface area contributed by atoms with Crippen molar-refractivity contribution in [2.24, 2.45) is 0 Å². The van der Waals surface area contributed by atoms with Gasteiger partial charge in [-0.25, -0.2) is 4.98 Å². The average molecular weight is 388 g/mol. The topological polar surface area (TPSA) is 107 Å². The molecule has 2 N–H and O–H groups in total. The molecule has 0 saturated carbocycles. The summed E-state index contributed by atoms with van der Waals surface area (Å²) in [6, 6.07) is 2.44. The molecule has 146 valence electrons. The Morgan fingerprint density at radius 2 is 1.96 bits per heavy atom. The Bertz CT molecular complexity index is 1210. The van der Waals surface area contributed by atoms with Gasteiger partial charge in [0.2, 0.25) is 5.95 Å². The Labute approximate surface area is 168 Å². The third-order valence-corrected chi connectivity index (χ3v) is 4.59. The molecule has 0 aliphatic carbocycles. The lowest BCUT2D eigenvalue weighted by molar-refractivity contribution is 0.0714. The first-order valence-electron chi connectivity index (χ1n) is 11.0. The number of nitrogens with zero attached hydrogens (tertiary/aromatic N) is 4. The van der Waals surface area contributed by atoms with E-state index in [9.17, 15) is 4.79 Å². The van der Waals surface area contributed by atoms with Gasteiger partial charge in [-0.15, -0.1) is 0 Å². The maximum absolute atomic E-state index is 12.7. The van der Waals surface area contributed by atoms with Crippen LogP contribution in [0.4, 0.5) is 11.8 Å². The Morgan fingerprint density at radius 3 is 2.61 bits per heavy atom. The lowest BCUT2D eigenvalue weighted by Crippen LogP contribution is -2.49. The molecule has 3 heterocycles. The van der Waals surface area contributed by atoms with E-state index < -0.39 is 24.2 Å². The minimum atomic E-state index is -0.549. The molecular formula is C19H21N5O4. The number of furan rings is 1. The van der Waals surface area contributed by atoms with Gasteiger partial charge in [-0.3, -0.25) is 4.79 Å². The summed E-state index contributed by atoms with van der Waals surface area (Å²) in [6.07, 6.45) is -0.513. The summed E-state index contributed by atoms with van der Waals surface area (Å²) < 4.78 is 54.0. The van der Waals surface area contributed by atoms with E-state index in [0.717, 1.165) is 0 Å². The summed E-state index contributed by atoms with van der Waals surface area (Å²) in [5, 5.41) is 0.452. The van der Waals surface area contributed by atoms with Crippen molar-refractivity contribution in [3.8, 4) is 11.5 Å².